The molecule has 2 fully saturated rings. The van der Waals surface area contributed by atoms with Gasteiger partial charge in [0.15, 0.2) is 17.3 Å². The molecule has 0 aliphatic carbocycles. The summed E-state index contributed by atoms with van der Waals surface area (Å²) in [5, 5.41) is 0. The van der Waals surface area contributed by atoms with Crippen LogP contribution in [0.5, 0.6) is 11.5 Å². The second kappa shape index (κ2) is 12.3. The monoisotopic (exact) mass is 521 g/mol. The highest BCUT2D eigenvalue weighted by Gasteiger charge is 2.29. The van der Waals surface area contributed by atoms with Crippen LogP contribution in [-0.4, -0.2) is 68.2 Å². The normalized spacial score (nSPS) is 18.4. The van der Waals surface area contributed by atoms with Crippen molar-refractivity contribution in [3.8, 4) is 11.5 Å². The van der Waals surface area contributed by atoms with Crippen LogP contribution in [0.4, 0.5) is 10.1 Å². The van der Waals surface area contributed by atoms with Gasteiger partial charge < -0.3 is 23.7 Å². The van der Waals surface area contributed by atoms with E-state index in [1.807, 2.05) is 23.1 Å². The van der Waals surface area contributed by atoms with Gasteiger partial charge in [-0.15, -0.1) is 0 Å². The van der Waals surface area contributed by atoms with Crippen LogP contribution in [0, 0.1) is 5.82 Å². The van der Waals surface area contributed by atoms with Crippen molar-refractivity contribution in [3.05, 3.63) is 78.0 Å². The first-order valence-electron chi connectivity index (χ1n) is 13.5. The lowest BCUT2D eigenvalue weighted by molar-refractivity contribution is 0.0548. The lowest BCUT2D eigenvalue weighted by Crippen LogP contribution is -2.45. The van der Waals surface area contributed by atoms with Gasteiger partial charge in [-0.05, 0) is 73.4 Å². The molecule has 2 aliphatic heterocycles. The highest BCUT2D eigenvalue weighted by Crippen LogP contribution is 2.30. The molecule has 7 nitrogen and oxygen atoms in total. The van der Waals surface area contributed by atoms with Gasteiger partial charge >= 0.3 is 0 Å². The zero-order valence-electron chi connectivity index (χ0n) is 22.0. The third-order valence-corrected chi connectivity index (χ3v) is 7.53. The van der Waals surface area contributed by atoms with Gasteiger partial charge in [0, 0.05) is 57.4 Å². The maximum Gasteiger partial charge on any atom is 0.289 e. The van der Waals surface area contributed by atoms with Gasteiger partial charge in [-0.1, -0.05) is 6.07 Å². The summed E-state index contributed by atoms with van der Waals surface area (Å²) in [5.41, 5.74) is 2.23. The number of amides is 1. The number of ether oxygens (including phenoxy) is 2. The van der Waals surface area contributed by atoms with Crippen LogP contribution in [0.15, 0.2) is 65.3 Å². The Kier molecular flexibility index (Phi) is 8.48. The highest BCUT2D eigenvalue weighted by atomic mass is 19.1. The number of benzene rings is 2. The summed E-state index contributed by atoms with van der Waals surface area (Å²) in [7, 11) is 1.65. The third-order valence-electron chi connectivity index (χ3n) is 7.53. The molecule has 38 heavy (non-hydrogen) atoms. The maximum absolute atomic E-state index is 13.3. The summed E-state index contributed by atoms with van der Waals surface area (Å²) in [6.07, 6.45) is 5.39. The van der Waals surface area contributed by atoms with Crippen molar-refractivity contribution >= 4 is 11.6 Å². The summed E-state index contributed by atoms with van der Waals surface area (Å²) < 4.78 is 30.4. The molecule has 8 heteroatoms. The molecule has 2 saturated heterocycles. The van der Waals surface area contributed by atoms with Gasteiger partial charge in [0.1, 0.15) is 5.82 Å². The standard InChI is InChI=1S/C30H36FN3O4/c1-36-27-12-7-23(22-32-15-17-33(18-16-32)25-10-8-24(31)9-11-25)21-29(27)38-20-13-26-5-2-3-14-34(26)30(35)28-6-4-19-37-28/h4,6-12,19,21,26H,2-3,5,13-18,20,22H2,1H3. The zero-order chi connectivity index (χ0) is 26.3. The van der Waals surface area contributed by atoms with Crippen LogP contribution in [0.25, 0.3) is 0 Å². The number of likely N-dealkylation sites (tertiary alicyclic amines) is 1. The molecule has 1 unspecified atom stereocenters. The number of anilines is 1. The van der Waals surface area contributed by atoms with E-state index in [1.165, 1.54) is 17.7 Å². The summed E-state index contributed by atoms with van der Waals surface area (Å²) in [6, 6.07) is 16.5. The molecule has 0 bridgehead atoms. The Balaban J connectivity index is 1.15. The number of methoxy groups -OCH3 is 1. The molecule has 3 aromatic rings. The minimum atomic E-state index is -0.205. The number of carbonyl (C=O) groups is 1. The van der Waals surface area contributed by atoms with Gasteiger partial charge in [-0.25, -0.2) is 4.39 Å². The Bertz CT molecular complexity index is 1180. The fourth-order valence-electron chi connectivity index (χ4n) is 5.42. The smallest absolute Gasteiger partial charge is 0.289 e. The Labute approximate surface area is 223 Å². The molecule has 3 heterocycles. The topological polar surface area (TPSA) is 58.4 Å². The molecular formula is C30H36FN3O4. The predicted molar refractivity (Wildman–Crippen MR) is 144 cm³/mol. The van der Waals surface area contributed by atoms with Crippen molar-refractivity contribution in [2.24, 2.45) is 0 Å². The van der Waals surface area contributed by atoms with E-state index in [1.54, 1.807) is 25.5 Å². The summed E-state index contributed by atoms with van der Waals surface area (Å²) in [6.45, 7) is 5.74. The predicted octanol–water partition coefficient (Wildman–Crippen LogP) is 5.21. The molecule has 202 valence electrons. The molecule has 5 rings (SSSR count). The number of halogens is 1. The molecule has 0 N–H and O–H groups in total. The van der Waals surface area contributed by atoms with Crippen molar-refractivity contribution < 1.29 is 23.1 Å². The molecule has 1 amide bonds. The van der Waals surface area contributed by atoms with E-state index in [0.29, 0.717) is 18.1 Å². The van der Waals surface area contributed by atoms with Crippen molar-refractivity contribution in [3.63, 3.8) is 0 Å². The van der Waals surface area contributed by atoms with Crippen LogP contribution in [0.1, 0.15) is 41.8 Å². The molecule has 2 aromatic carbocycles. The Hall–Kier alpha value is -3.52. The zero-order valence-corrected chi connectivity index (χ0v) is 22.0. The number of piperidine rings is 1. The van der Waals surface area contributed by atoms with Crippen LogP contribution in [0.2, 0.25) is 0 Å². The van der Waals surface area contributed by atoms with E-state index in [-0.39, 0.29) is 17.8 Å². The minimum absolute atomic E-state index is 0.0428. The van der Waals surface area contributed by atoms with E-state index in [4.69, 9.17) is 13.9 Å². The Morgan fingerprint density at radius 1 is 1.00 bits per heavy atom. The average Bonchev–Trinajstić information content (AvgIpc) is 3.49. The number of piperazine rings is 1. The SMILES string of the molecule is COc1ccc(CN2CCN(c3ccc(F)cc3)CC2)cc1OCCC1CCCCN1C(=O)c1ccco1. The van der Waals surface area contributed by atoms with Crippen LogP contribution in [-0.2, 0) is 6.54 Å². The molecular weight excluding hydrogens is 485 g/mol. The lowest BCUT2D eigenvalue weighted by atomic mass is 9.99. The van der Waals surface area contributed by atoms with Gasteiger partial charge in [0.25, 0.3) is 5.91 Å². The second-order valence-electron chi connectivity index (χ2n) is 9.99. The van der Waals surface area contributed by atoms with E-state index >= 15 is 0 Å². The number of hydrogen-bond acceptors (Lipinski definition) is 6. The van der Waals surface area contributed by atoms with Gasteiger partial charge in [-0.2, -0.15) is 0 Å². The largest absolute Gasteiger partial charge is 0.493 e. The van der Waals surface area contributed by atoms with Crippen molar-refractivity contribution in [1.82, 2.24) is 9.80 Å². The first-order chi connectivity index (χ1) is 18.6. The molecule has 1 aromatic heterocycles. The molecule has 0 radical (unpaired) electrons. The molecule has 1 atom stereocenters. The first-order valence-corrected chi connectivity index (χ1v) is 13.5. The highest BCUT2D eigenvalue weighted by molar-refractivity contribution is 5.91. The van der Waals surface area contributed by atoms with Crippen LogP contribution < -0.4 is 14.4 Å². The Morgan fingerprint density at radius 2 is 1.82 bits per heavy atom. The molecule has 0 spiro atoms. The lowest BCUT2D eigenvalue weighted by Gasteiger charge is -2.36. The van der Waals surface area contributed by atoms with Gasteiger partial charge in [0.2, 0.25) is 0 Å². The molecule has 2 aliphatic rings. The van der Waals surface area contributed by atoms with Crippen LogP contribution in [0.3, 0.4) is 0 Å². The van der Waals surface area contributed by atoms with Crippen molar-refractivity contribution in [1.29, 1.82) is 0 Å². The van der Waals surface area contributed by atoms with Gasteiger partial charge in [-0.3, -0.25) is 9.69 Å². The van der Waals surface area contributed by atoms with E-state index in [9.17, 15) is 9.18 Å². The Morgan fingerprint density at radius 3 is 2.55 bits per heavy atom. The average molecular weight is 522 g/mol. The molecule has 0 saturated carbocycles. The summed E-state index contributed by atoms with van der Waals surface area (Å²) in [5.74, 6) is 1.59. The number of carbonyl (C=O) groups excluding carboxylic acids is 1. The maximum atomic E-state index is 13.3. The number of furan rings is 1. The fraction of sp³-hybridized carbons (Fsp3) is 0.433. The van der Waals surface area contributed by atoms with Crippen molar-refractivity contribution in [2.45, 2.75) is 38.3 Å². The van der Waals surface area contributed by atoms with Crippen LogP contribution >= 0.6 is 0 Å². The number of nitrogens with zero attached hydrogens (tertiary/aromatic N) is 3. The van der Waals surface area contributed by atoms with Crippen molar-refractivity contribution in [2.75, 3.05) is 51.3 Å². The quantitative estimate of drug-likeness (QED) is 0.385. The minimum Gasteiger partial charge on any atom is -0.493 e. The number of hydrogen-bond donors (Lipinski definition) is 0. The fourth-order valence-corrected chi connectivity index (χ4v) is 5.42. The van der Waals surface area contributed by atoms with E-state index < -0.39 is 0 Å². The van der Waals surface area contributed by atoms with Gasteiger partial charge in [0.05, 0.1) is 20.0 Å². The third kappa shape index (κ3) is 6.30. The summed E-state index contributed by atoms with van der Waals surface area (Å²) in [4.78, 5) is 19.6. The first kappa shape index (κ1) is 26.1. The second-order valence-corrected chi connectivity index (χ2v) is 9.99. The van der Waals surface area contributed by atoms with E-state index in [2.05, 4.69) is 21.9 Å². The number of rotatable bonds is 9. The summed E-state index contributed by atoms with van der Waals surface area (Å²) >= 11 is 0. The van der Waals surface area contributed by atoms with E-state index in [0.717, 1.165) is 76.4 Å².